The first kappa shape index (κ1) is 19.5. The fourth-order valence-corrected chi connectivity index (χ4v) is 3.78. The molecule has 0 unspecified atom stereocenters. The average Bonchev–Trinajstić information content (AvgIpc) is 3.00. The summed E-state index contributed by atoms with van der Waals surface area (Å²) in [5.74, 6) is -0.130. The van der Waals surface area contributed by atoms with Crippen molar-refractivity contribution >= 4 is 39.5 Å². The highest BCUT2D eigenvalue weighted by atomic mass is 35.5. The van der Waals surface area contributed by atoms with Gasteiger partial charge < -0.3 is 5.32 Å². The predicted molar refractivity (Wildman–Crippen MR) is 108 cm³/mol. The molecule has 0 bridgehead atoms. The quantitative estimate of drug-likeness (QED) is 0.682. The van der Waals surface area contributed by atoms with E-state index in [2.05, 4.69) is 15.4 Å². The van der Waals surface area contributed by atoms with Gasteiger partial charge in [-0.15, -0.1) is 0 Å². The van der Waals surface area contributed by atoms with Crippen LogP contribution in [0.3, 0.4) is 0 Å². The highest BCUT2D eigenvalue weighted by molar-refractivity contribution is 7.16. The fourth-order valence-electron chi connectivity index (χ4n) is 2.62. The van der Waals surface area contributed by atoms with E-state index in [-0.39, 0.29) is 18.0 Å². The largest absolute Gasteiger partial charge is 0.325 e. The summed E-state index contributed by atoms with van der Waals surface area (Å²) < 4.78 is 1.30. The summed E-state index contributed by atoms with van der Waals surface area (Å²) in [5, 5.41) is 8.53. The van der Waals surface area contributed by atoms with Crippen LogP contribution in [0.4, 0.5) is 5.69 Å². The van der Waals surface area contributed by atoms with Crippen molar-refractivity contribution in [2.24, 2.45) is 0 Å². The van der Waals surface area contributed by atoms with Gasteiger partial charge in [-0.25, -0.2) is 4.98 Å². The molecule has 142 valence electrons. The monoisotopic (exact) mass is 405 g/mol. The minimum absolute atomic E-state index is 0.130. The summed E-state index contributed by atoms with van der Waals surface area (Å²) in [5.41, 5.74) is 2.12. The van der Waals surface area contributed by atoms with Crippen LogP contribution in [-0.4, -0.2) is 38.5 Å². The van der Waals surface area contributed by atoms with Crippen molar-refractivity contribution in [2.45, 2.75) is 27.3 Å². The number of hydrogen-bond acceptors (Lipinski definition) is 6. The topological polar surface area (TPSA) is 79.6 Å². The Morgan fingerprint density at radius 3 is 2.85 bits per heavy atom. The number of aromatic nitrogens is 3. The van der Waals surface area contributed by atoms with Gasteiger partial charge in [-0.1, -0.05) is 35.9 Å². The number of amides is 1. The average molecular weight is 406 g/mol. The molecule has 0 aliphatic rings. The number of rotatable bonds is 6. The Labute approximate surface area is 165 Å². The molecule has 1 aromatic carbocycles. The SMILES string of the molecule is CCN(CC(=O)Nc1cc(Cl)ccc1C)Cc1nn2c(=O)cc(C)nc2s1. The highest BCUT2D eigenvalue weighted by Crippen LogP contribution is 2.20. The van der Waals surface area contributed by atoms with Crippen molar-refractivity contribution in [3.05, 3.63) is 55.9 Å². The number of anilines is 1. The molecule has 0 atom stereocenters. The summed E-state index contributed by atoms with van der Waals surface area (Å²) in [6, 6.07) is 6.84. The van der Waals surface area contributed by atoms with E-state index in [1.165, 1.54) is 21.9 Å². The third-order valence-electron chi connectivity index (χ3n) is 4.06. The molecule has 0 aliphatic heterocycles. The number of carbonyl (C=O) groups excluding carboxylic acids is 1. The number of fused-ring (bicyclic) bond motifs is 1. The van der Waals surface area contributed by atoms with Crippen LogP contribution in [0.25, 0.3) is 4.96 Å². The smallest absolute Gasteiger partial charge is 0.275 e. The van der Waals surface area contributed by atoms with Gasteiger partial charge in [0.1, 0.15) is 5.01 Å². The number of benzene rings is 1. The minimum atomic E-state index is -0.197. The maximum Gasteiger partial charge on any atom is 0.275 e. The highest BCUT2D eigenvalue weighted by Gasteiger charge is 2.15. The first-order valence-electron chi connectivity index (χ1n) is 8.50. The second-order valence-corrected chi connectivity index (χ2v) is 7.71. The Hall–Kier alpha value is -2.29. The van der Waals surface area contributed by atoms with Gasteiger partial charge in [0, 0.05) is 22.5 Å². The Balaban J connectivity index is 1.70. The van der Waals surface area contributed by atoms with Crippen molar-refractivity contribution < 1.29 is 4.79 Å². The minimum Gasteiger partial charge on any atom is -0.325 e. The molecule has 1 N–H and O–H groups in total. The molecule has 2 heterocycles. The number of nitrogens with one attached hydrogen (secondary N) is 1. The normalized spacial score (nSPS) is 11.3. The zero-order chi connectivity index (χ0) is 19.6. The van der Waals surface area contributed by atoms with Crippen molar-refractivity contribution in [2.75, 3.05) is 18.4 Å². The van der Waals surface area contributed by atoms with Crippen LogP contribution >= 0.6 is 22.9 Å². The maximum atomic E-state index is 12.4. The zero-order valence-electron chi connectivity index (χ0n) is 15.3. The molecular weight excluding hydrogens is 386 g/mol. The van der Waals surface area contributed by atoms with Crippen LogP contribution in [-0.2, 0) is 11.3 Å². The third kappa shape index (κ3) is 4.71. The molecular formula is C18H20ClN5O2S. The second-order valence-electron chi connectivity index (χ2n) is 6.24. The number of carbonyl (C=O) groups is 1. The Kier molecular flexibility index (Phi) is 5.88. The molecule has 2 aromatic heterocycles. The van der Waals surface area contributed by atoms with Gasteiger partial charge in [-0.3, -0.25) is 14.5 Å². The van der Waals surface area contributed by atoms with Gasteiger partial charge in [-0.2, -0.15) is 9.61 Å². The molecule has 1 amide bonds. The van der Waals surface area contributed by atoms with Gasteiger partial charge in [0.2, 0.25) is 10.9 Å². The molecule has 0 fully saturated rings. The van der Waals surface area contributed by atoms with Crippen LogP contribution < -0.4 is 10.9 Å². The first-order valence-corrected chi connectivity index (χ1v) is 9.70. The lowest BCUT2D eigenvalue weighted by Gasteiger charge is -2.18. The molecule has 0 spiro atoms. The summed E-state index contributed by atoms with van der Waals surface area (Å²) in [7, 11) is 0. The maximum absolute atomic E-state index is 12.4. The van der Waals surface area contributed by atoms with E-state index < -0.39 is 0 Å². The Morgan fingerprint density at radius 1 is 1.33 bits per heavy atom. The van der Waals surface area contributed by atoms with Crippen LogP contribution in [0.2, 0.25) is 5.02 Å². The van der Waals surface area contributed by atoms with Crippen LogP contribution in [0.5, 0.6) is 0 Å². The van der Waals surface area contributed by atoms with E-state index in [1.807, 2.05) is 24.8 Å². The van der Waals surface area contributed by atoms with Crippen molar-refractivity contribution in [3.63, 3.8) is 0 Å². The van der Waals surface area contributed by atoms with E-state index in [0.717, 1.165) is 10.6 Å². The summed E-state index contributed by atoms with van der Waals surface area (Å²) in [6.45, 7) is 7.00. The van der Waals surface area contributed by atoms with Gasteiger partial charge >= 0.3 is 0 Å². The van der Waals surface area contributed by atoms with Crippen molar-refractivity contribution in [1.82, 2.24) is 19.5 Å². The van der Waals surface area contributed by atoms with Gasteiger partial charge in [0.05, 0.1) is 13.1 Å². The lowest BCUT2D eigenvalue weighted by molar-refractivity contribution is -0.117. The second kappa shape index (κ2) is 8.16. The fraction of sp³-hybridized carbons (Fsp3) is 0.333. The zero-order valence-corrected chi connectivity index (χ0v) is 16.9. The number of likely N-dealkylation sites (N-methyl/N-ethyl adjacent to an activating group) is 1. The lowest BCUT2D eigenvalue weighted by atomic mass is 10.2. The van der Waals surface area contributed by atoms with Gasteiger partial charge in [0.15, 0.2) is 0 Å². The molecule has 0 saturated heterocycles. The molecule has 9 heteroatoms. The first-order chi connectivity index (χ1) is 12.9. The molecule has 0 aliphatic carbocycles. The van der Waals surface area contributed by atoms with Crippen molar-refractivity contribution in [1.29, 1.82) is 0 Å². The molecule has 3 aromatic rings. The van der Waals surface area contributed by atoms with E-state index in [4.69, 9.17) is 11.6 Å². The van der Waals surface area contributed by atoms with E-state index in [0.29, 0.717) is 34.5 Å². The lowest BCUT2D eigenvalue weighted by Crippen LogP contribution is -2.33. The number of hydrogen-bond donors (Lipinski definition) is 1. The molecule has 7 nitrogen and oxygen atoms in total. The van der Waals surface area contributed by atoms with E-state index in [1.54, 1.807) is 19.1 Å². The van der Waals surface area contributed by atoms with Crippen LogP contribution in [0.15, 0.2) is 29.1 Å². The number of nitrogens with zero attached hydrogens (tertiary/aromatic N) is 4. The predicted octanol–water partition coefficient (Wildman–Crippen LogP) is 2.88. The summed E-state index contributed by atoms with van der Waals surface area (Å²) in [4.78, 5) is 31.3. The third-order valence-corrected chi connectivity index (χ3v) is 5.19. The Morgan fingerprint density at radius 2 is 2.11 bits per heavy atom. The van der Waals surface area contributed by atoms with Crippen LogP contribution in [0.1, 0.15) is 23.2 Å². The standard InChI is InChI=1S/C18H20ClN5O2S/c1-4-23(9-15(25)21-14-8-13(19)6-5-11(14)2)10-16-22-24-17(26)7-12(3)20-18(24)27-16/h5-8H,4,9-10H2,1-3H3,(H,21,25). The Bertz CT molecular complexity index is 1050. The van der Waals surface area contributed by atoms with Crippen molar-refractivity contribution in [3.8, 4) is 0 Å². The number of aryl methyl sites for hydroxylation is 2. The number of halogens is 1. The molecule has 0 radical (unpaired) electrons. The molecule has 3 rings (SSSR count). The summed E-state index contributed by atoms with van der Waals surface area (Å²) in [6.07, 6.45) is 0. The molecule has 0 saturated carbocycles. The summed E-state index contributed by atoms with van der Waals surface area (Å²) >= 11 is 7.36. The van der Waals surface area contributed by atoms with E-state index in [9.17, 15) is 9.59 Å². The van der Waals surface area contributed by atoms with Gasteiger partial charge in [0.25, 0.3) is 5.56 Å². The van der Waals surface area contributed by atoms with E-state index >= 15 is 0 Å². The van der Waals surface area contributed by atoms with Crippen LogP contribution in [0, 0.1) is 13.8 Å². The van der Waals surface area contributed by atoms with Gasteiger partial charge in [-0.05, 0) is 38.1 Å². The molecule has 27 heavy (non-hydrogen) atoms.